The molecule has 5 nitrogen and oxygen atoms in total. The molecule has 0 aliphatic carbocycles. The Morgan fingerprint density at radius 1 is 1.38 bits per heavy atom. The Bertz CT molecular complexity index is 610. The summed E-state index contributed by atoms with van der Waals surface area (Å²) in [7, 11) is 1.74. The second kappa shape index (κ2) is 7.17. The number of thioether (sulfide) groups is 1. The highest BCUT2D eigenvalue weighted by molar-refractivity contribution is 7.99. The van der Waals surface area contributed by atoms with Gasteiger partial charge in [-0.25, -0.2) is 0 Å². The van der Waals surface area contributed by atoms with Crippen LogP contribution in [0, 0.1) is 0 Å². The van der Waals surface area contributed by atoms with E-state index in [-0.39, 0.29) is 5.91 Å². The van der Waals surface area contributed by atoms with E-state index in [0.717, 1.165) is 17.9 Å². The van der Waals surface area contributed by atoms with Crippen molar-refractivity contribution < 1.29 is 4.79 Å². The number of carbonyl (C=O) groups is 1. The normalized spacial score (nSPS) is 10.6. The third kappa shape index (κ3) is 3.78. The molecule has 0 bridgehead atoms. The van der Waals surface area contributed by atoms with Crippen LogP contribution in [0.2, 0.25) is 0 Å². The number of hydrogen-bond acceptors (Lipinski definition) is 4. The van der Waals surface area contributed by atoms with Crippen molar-refractivity contribution in [1.29, 1.82) is 0 Å². The highest BCUT2D eigenvalue weighted by Gasteiger charge is 2.18. The number of carbonyl (C=O) groups excluding carboxylic acids is 1. The molecular weight excluding hydrogens is 284 g/mol. The number of anilines is 1. The van der Waals surface area contributed by atoms with Gasteiger partial charge in [0.25, 0.3) is 5.91 Å². The maximum Gasteiger partial charge on any atom is 0.271 e. The van der Waals surface area contributed by atoms with Gasteiger partial charge in [0.15, 0.2) is 0 Å². The molecule has 0 spiro atoms. The predicted molar refractivity (Wildman–Crippen MR) is 86.5 cm³/mol. The van der Waals surface area contributed by atoms with E-state index >= 15 is 0 Å². The van der Waals surface area contributed by atoms with Crippen LogP contribution in [0.15, 0.2) is 35.2 Å². The number of nitrogens with two attached hydrogens (primary N) is 1. The van der Waals surface area contributed by atoms with Crippen LogP contribution in [0.4, 0.5) is 5.69 Å². The lowest BCUT2D eigenvalue weighted by Crippen LogP contribution is -2.28. The number of aryl methyl sites for hydroxylation is 2. The van der Waals surface area contributed by atoms with E-state index in [9.17, 15) is 4.79 Å². The van der Waals surface area contributed by atoms with Gasteiger partial charge >= 0.3 is 0 Å². The molecule has 1 heterocycles. The second-order valence-electron chi connectivity index (χ2n) is 4.60. The minimum absolute atomic E-state index is 0.170. The van der Waals surface area contributed by atoms with Crippen molar-refractivity contribution in [3.63, 3.8) is 0 Å². The summed E-state index contributed by atoms with van der Waals surface area (Å²) in [5, 5.41) is 7.14. The summed E-state index contributed by atoms with van der Waals surface area (Å²) >= 11 is 1.71. The molecule has 112 valence electrons. The minimum Gasteiger partial charge on any atom is -0.395 e. The molecule has 0 fully saturated rings. The van der Waals surface area contributed by atoms with E-state index in [2.05, 4.69) is 22.5 Å². The van der Waals surface area contributed by atoms with Gasteiger partial charge in [0.05, 0.1) is 11.4 Å². The first kappa shape index (κ1) is 15.4. The SMILES string of the molecule is CCc1nn(C)c(C(=O)NCCSc2ccccc2)c1N. The molecule has 1 aromatic heterocycles. The smallest absolute Gasteiger partial charge is 0.271 e. The fourth-order valence-corrected chi connectivity index (χ4v) is 2.85. The van der Waals surface area contributed by atoms with Crippen molar-refractivity contribution in [3.05, 3.63) is 41.7 Å². The number of nitrogens with one attached hydrogen (secondary N) is 1. The van der Waals surface area contributed by atoms with E-state index in [1.165, 1.54) is 4.90 Å². The van der Waals surface area contributed by atoms with Crippen LogP contribution in [0.1, 0.15) is 23.1 Å². The van der Waals surface area contributed by atoms with Crippen LogP contribution in [0.25, 0.3) is 0 Å². The summed E-state index contributed by atoms with van der Waals surface area (Å²) in [6.07, 6.45) is 0.719. The first-order chi connectivity index (χ1) is 10.1. The largest absolute Gasteiger partial charge is 0.395 e. The number of nitrogen functional groups attached to an aromatic ring is 1. The van der Waals surface area contributed by atoms with E-state index < -0.39 is 0 Å². The Labute approximate surface area is 128 Å². The van der Waals surface area contributed by atoms with Gasteiger partial charge in [-0.1, -0.05) is 25.1 Å². The van der Waals surface area contributed by atoms with E-state index in [1.54, 1.807) is 23.5 Å². The zero-order chi connectivity index (χ0) is 15.2. The van der Waals surface area contributed by atoms with Crippen molar-refractivity contribution in [1.82, 2.24) is 15.1 Å². The Morgan fingerprint density at radius 3 is 2.71 bits per heavy atom. The number of rotatable bonds is 6. The van der Waals surface area contributed by atoms with Crippen LogP contribution in [-0.4, -0.2) is 28.0 Å². The summed E-state index contributed by atoms with van der Waals surface area (Å²) in [4.78, 5) is 13.4. The molecule has 2 rings (SSSR count). The molecule has 0 aliphatic rings. The lowest BCUT2D eigenvalue weighted by Gasteiger charge is -2.06. The molecule has 0 radical (unpaired) electrons. The van der Waals surface area contributed by atoms with Gasteiger partial charge in [-0.2, -0.15) is 5.10 Å². The van der Waals surface area contributed by atoms with E-state index in [0.29, 0.717) is 17.9 Å². The maximum atomic E-state index is 12.2. The van der Waals surface area contributed by atoms with Crippen molar-refractivity contribution in [2.75, 3.05) is 18.0 Å². The van der Waals surface area contributed by atoms with Gasteiger partial charge in [0, 0.05) is 24.2 Å². The van der Waals surface area contributed by atoms with Gasteiger partial charge in [-0.3, -0.25) is 9.48 Å². The molecule has 0 saturated heterocycles. The average molecular weight is 304 g/mol. The second-order valence-corrected chi connectivity index (χ2v) is 5.77. The predicted octanol–water partition coefficient (Wildman–Crippen LogP) is 2.09. The molecule has 1 aromatic carbocycles. The Balaban J connectivity index is 1.86. The van der Waals surface area contributed by atoms with Crippen LogP contribution in [-0.2, 0) is 13.5 Å². The Morgan fingerprint density at radius 2 is 2.10 bits per heavy atom. The van der Waals surface area contributed by atoms with E-state index in [4.69, 9.17) is 5.73 Å². The Kier molecular flexibility index (Phi) is 5.27. The molecule has 2 aromatic rings. The maximum absolute atomic E-state index is 12.2. The lowest BCUT2D eigenvalue weighted by atomic mass is 10.2. The standard InChI is InChI=1S/C15H20N4OS/c1-3-12-13(16)14(19(2)18-12)15(20)17-9-10-21-11-7-5-4-6-8-11/h4-8H,3,9-10,16H2,1-2H3,(H,17,20). The molecule has 0 atom stereocenters. The Hall–Kier alpha value is -1.95. The van der Waals surface area contributed by atoms with Gasteiger partial charge in [-0.05, 0) is 18.6 Å². The molecule has 0 saturated carbocycles. The molecule has 0 unspecified atom stereocenters. The topological polar surface area (TPSA) is 72.9 Å². The highest BCUT2D eigenvalue weighted by atomic mass is 32.2. The van der Waals surface area contributed by atoms with Gasteiger partial charge in [0.2, 0.25) is 0 Å². The summed E-state index contributed by atoms with van der Waals surface area (Å²) in [6, 6.07) is 10.1. The fourth-order valence-electron chi connectivity index (χ4n) is 2.06. The number of hydrogen-bond donors (Lipinski definition) is 2. The molecule has 21 heavy (non-hydrogen) atoms. The average Bonchev–Trinajstić information content (AvgIpc) is 2.79. The molecule has 1 amide bonds. The summed E-state index contributed by atoms with van der Waals surface area (Å²) in [6.45, 7) is 2.56. The first-order valence-electron chi connectivity index (χ1n) is 6.90. The summed E-state index contributed by atoms with van der Waals surface area (Å²) in [5.41, 5.74) is 7.65. The summed E-state index contributed by atoms with van der Waals surface area (Å²) < 4.78 is 1.55. The molecule has 6 heteroatoms. The number of nitrogens with zero attached hydrogens (tertiary/aromatic N) is 2. The van der Waals surface area contributed by atoms with Crippen LogP contribution in [0.3, 0.4) is 0 Å². The number of aromatic nitrogens is 2. The lowest BCUT2D eigenvalue weighted by molar-refractivity contribution is 0.0947. The van der Waals surface area contributed by atoms with Crippen molar-refractivity contribution in [2.24, 2.45) is 7.05 Å². The molecule has 0 aliphatic heterocycles. The van der Waals surface area contributed by atoms with Crippen molar-refractivity contribution in [3.8, 4) is 0 Å². The first-order valence-corrected chi connectivity index (χ1v) is 7.89. The third-order valence-corrected chi connectivity index (χ3v) is 4.12. The van der Waals surface area contributed by atoms with Crippen LogP contribution >= 0.6 is 11.8 Å². The highest BCUT2D eigenvalue weighted by Crippen LogP contribution is 2.18. The van der Waals surface area contributed by atoms with Crippen molar-refractivity contribution >= 4 is 23.4 Å². The van der Waals surface area contributed by atoms with Crippen LogP contribution in [0.5, 0.6) is 0 Å². The monoisotopic (exact) mass is 304 g/mol. The molecular formula is C15H20N4OS. The fraction of sp³-hybridized carbons (Fsp3) is 0.333. The van der Waals surface area contributed by atoms with Gasteiger partial charge in [-0.15, -0.1) is 11.8 Å². The third-order valence-electron chi connectivity index (χ3n) is 3.11. The quantitative estimate of drug-likeness (QED) is 0.633. The van der Waals surface area contributed by atoms with Gasteiger partial charge < -0.3 is 11.1 Å². The molecule has 3 N–H and O–H groups in total. The number of amides is 1. The summed E-state index contributed by atoms with van der Waals surface area (Å²) in [5.74, 6) is 0.643. The number of benzene rings is 1. The zero-order valence-electron chi connectivity index (χ0n) is 12.3. The van der Waals surface area contributed by atoms with Crippen molar-refractivity contribution in [2.45, 2.75) is 18.2 Å². The van der Waals surface area contributed by atoms with Gasteiger partial charge in [0.1, 0.15) is 5.69 Å². The van der Waals surface area contributed by atoms with Crippen LogP contribution < -0.4 is 11.1 Å². The minimum atomic E-state index is -0.170. The van der Waals surface area contributed by atoms with E-state index in [1.807, 2.05) is 25.1 Å². The zero-order valence-corrected chi connectivity index (χ0v) is 13.1.